The van der Waals surface area contributed by atoms with Gasteiger partial charge in [-0.15, -0.1) is 0 Å². The van der Waals surface area contributed by atoms with E-state index in [9.17, 15) is 24.3 Å². The summed E-state index contributed by atoms with van der Waals surface area (Å²) in [5.41, 5.74) is 8.03. The molecular weight excluding hydrogens is 516 g/mol. The average molecular weight is 553 g/mol. The van der Waals surface area contributed by atoms with Crippen molar-refractivity contribution in [3.8, 4) is 0 Å². The lowest BCUT2D eigenvalue weighted by molar-refractivity contribution is -0.142. The fourth-order valence-electron chi connectivity index (χ4n) is 4.10. The van der Waals surface area contributed by atoms with Crippen LogP contribution in [0, 0.1) is 5.92 Å². The number of hydrogen-bond acceptors (Lipinski definition) is 7. The van der Waals surface area contributed by atoms with E-state index >= 15 is 0 Å². The number of rotatable bonds is 15. The number of hydrogen-bond donors (Lipinski definition) is 7. The molecule has 40 heavy (non-hydrogen) atoms. The maximum absolute atomic E-state index is 13.5. The zero-order chi connectivity index (χ0) is 29.1. The van der Waals surface area contributed by atoms with Crippen molar-refractivity contribution in [3.05, 3.63) is 72.3 Å². The number of carboxylic acid groups (broad SMARTS) is 1. The molecule has 5 atom stereocenters. The minimum atomic E-state index is -1.26. The summed E-state index contributed by atoms with van der Waals surface area (Å²) in [6.45, 7) is 3.69. The van der Waals surface area contributed by atoms with Gasteiger partial charge in [0.2, 0.25) is 17.7 Å². The second-order valence-electron chi connectivity index (χ2n) is 9.69. The lowest BCUT2D eigenvalue weighted by Gasteiger charge is -2.28. The van der Waals surface area contributed by atoms with E-state index in [2.05, 4.69) is 35.9 Å². The van der Waals surface area contributed by atoms with E-state index in [1.54, 1.807) is 30.5 Å². The number of carboxylic acids is 1. The molecule has 2 heterocycles. The smallest absolute Gasteiger partial charge is 0.326 e. The third kappa shape index (κ3) is 8.76. The number of aromatic nitrogens is 4. The van der Waals surface area contributed by atoms with Gasteiger partial charge < -0.3 is 36.8 Å². The van der Waals surface area contributed by atoms with Crippen molar-refractivity contribution in [2.75, 3.05) is 0 Å². The van der Waals surface area contributed by atoms with Crippen molar-refractivity contribution >= 4 is 23.7 Å². The van der Waals surface area contributed by atoms with Crippen LogP contribution < -0.4 is 21.7 Å². The van der Waals surface area contributed by atoms with Crippen molar-refractivity contribution in [1.82, 2.24) is 35.9 Å². The third-order valence-electron chi connectivity index (χ3n) is 6.63. The van der Waals surface area contributed by atoms with E-state index in [1.165, 1.54) is 18.9 Å². The molecule has 0 radical (unpaired) electrons. The average Bonchev–Trinajstić information content (AvgIpc) is 3.65. The van der Waals surface area contributed by atoms with Crippen LogP contribution in [0.3, 0.4) is 0 Å². The number of nitrogens with zero attached hydrogens (tertiary/aromatic N) is 2. The normalized spacial score (nSPS) is 14.8. The Morgan fingerprint density at radius 2 is 1.45 bits per heavy atom. The van der Waals surface area contributed by atoms with Crippen LogP contribution in [-0.4, -0.2) is 72.9 Å². The number of aliphatic carboxylic acids is 1. The van der Waals surface area contributed by atoms with Crippen LogP contribution in [0.4, 0.5) is 0 Å². The molecule has 1 aromatic carbocycles. The van der Waals surface area contributed by atoms with Crippen molar-refractivity contribution in [1.29, 1.82) is 0 Å². The van der Waals surface area contributed by atoms with Crippen LogP contribution in [0.1, 0.15) is 37.2 Å². The van der Waals surface area contributed by atoms with Gasteiger partial charge in [0.05, 0.1) is 18.7 Å². The summed E-state index contributed by atoms with van der Waals surface area (Å²) in [6, 6.07) is 4.75. The number of amides is 3. The minimum Gasteiger partial charge on any atom is -0.480 e. The SMILES string of the molecule is CCC(C)C(NC(=O)C(N)Cc1cnc[nH]1)C(=O)NC(Cc1ccccc1)C(=O)NC(Cc1cnc[nH]1)C(=O)O. The third-order valence-corrected chi connectivity index (χ3v) is 6.63. The van der Waals surface area contributed by atoms with Gasteiger partial charge in [0.25, 0.3) is 0 Å². The molecule has 13 heteroatoms. The molecule has 5 unspecified atom stereocenters. The van der Waals surface area contributed by atoms with Crippen LogP contribution in [0.15, 0.2) is 55.4 Å². The second kappa shape index (κ2) is 14.6. The topological polar surface area (TPSA) is 208 Å². The van der Waals surface area contributed by atoms with Crippen molar-refractivity contribution < 1.29 is 24.3 Å². The number of nitrogens with two attached hydrogens (primary N) is 1. The second-order valence-corrected chi connectivity index (χ2v) is 9.69. The van der Waals surface area contributed by atoms with Gasteiger partial charge in [0.15, 0.2) is 0 Å². The molecule has 0 bridgehead atoms. The summed E-state index contributed by atoms with van der Waals surface area (Å²) in [5.74, 6) is -3.29. The largest absolute Gasteiger partial charge is 0.480 e. The van der Waals surface area contributed by atoms with Crippen molar-refractivity contribution in [3.63, 3.8) is 0 Å². The van der Waals surface area contributed by atoms with Crippen LogP contribution >= 0.6 is 0 Å². The predicted octanol–water partition coefficient (Wildman–Crippen LogP) is 0.0731. The van der Waals surface area contributed by atoms with Gasteiger partial charge in [0.1, 0.15) is 18.1 Å². The number of nitrogens with one attached hydrogen (secondary N) is 5. The van der Waals surface area contributed by atoms with Crippen molar-refractivity contribution in [2.24, 2.45) is 11.7 Å². The first-order valence-electron chi connectivity index (χ1n) is 13.1. The number of aromatic amines is 2. The van der Waals surface area contributed by atoms with Gasteiger partial charge in [-0.1, -0.05) is 50.6 Å². The molecule has 0 aliphatic heterocycles. The van der Waals surface area contributed by atoms with E-state index < -0.39 is 47.9 Å². The number of carbonyl (C=O) groups is 4. The Hall–Kier alpha value is -4.52. The maximum Gasteiger partial charge on any atom is 0.326 e. The molecule has 3 aromatic rings. The summed E-state index contributed by atoms with van der Waals surface area (Å²) in [6.07, 6.45) is 6.79. The number of carbonyl (C=O) groups excluding carboxylic acids is 3. The molecule has 0 spiro atoms. The minimum absolute atomic E-state index is 0.0210. The molecule has 0 saturated carbocycles. The first-order valence-corrected chi connectivity index (χ1v) is 13.1. The number of imidazole rings is 2. The lowest BCUT2D eigenvalue weighted by atomic mass is 9.96. The Morgan fingerprint density at radius 3 is 2.00 bits per heavy atom. The molecule has 13 nitrogen and oxygen atoms in total. The van der Waals surface area contributed by atoms with Gasteiger partial charge in [-0.25, -0.2) is 14.8 Å². The Balaban J connectivity index is 1.76. The highest BCUT2D eigenvalue weighted by atomic mass is 16.4. The van der Waals surface area contributed by atoms with Crippen LogP contribution in [0.2, 0.25) is 0 Å². The molecule has 3 amide bonds. The van der Waals surface area contributed by atoms with E-state index in [4.69, 9.17) is 5.73 Å². The number of benzene rings is 1. The molecule has 0 aliphatic carbocycles. The van der Waals surface area contributed by atoms with Crippen LogP contribution in [-0.2, 0) is 38.4 Å². The first-order chi connectivity index (χ1) is 19.2. The zero-order valence-electron chi connectivity index (χ0n) is 22.5. The standard InChI is InChI=1S/C27H36N8O5/c1-3-16(2)23(35-24(36)20(28)10-18-12-29-14-31-18)26(38)33-21(9-17-7-5-4-6-8-17)25(37)34-22(27(39)40)11-19-13-30-15-32-19/h4-8,12-16,20-23H,3,9-11,28H2,1-2H3,(H,29,31)(H,30,32)(H,33,38)(H,34,37)(H,35,36)(H,39,40). The van der Waals surface area contributed by atoms with Crippen LogP contribution in [0.5, 0.6) is 0 Å². The summed E-state index contributed by atoms with van der Waals surface area (Å²) >= 11 is 0. The Labute approximate surface area is 231 Å². The fourth-order valence-corrected chi connectivity index (χ4v) is 4.10. The Kier molecular flexibility index (Phi) is 10.9. The fraction of sp³-hybridized carbons (Fsp3) is 0.407. The number of H-pyrrole nitrogens is 2. The van der Waals surface area contributed by atoms with Gasteiger partial charge in [-0.3, -0.25) is 14.4 Å². The van der Waals surface area contributed by atoms with Gasteiger partial charge >= 0.3 is 5.97 Å². The highest BCUT2D eigenvalue weighted by Crippen LogP contribution is 2.11. The molecule has 0 saturated heterocycles. The molecule has 214 valence electrons. The first kappa shape index (κ1) is 30.0. The summed E-state index contributed by atoms with van der Waals surface area (Å²) in [5, 5.41) is 17.7. The highest BCUT2D eigenvalue weighted by Gasteiger charge is 2.33. The Bertz CT molecular complexity index is 1230. The zero-order valence-corrected chi connectivity index (χ0v) is 22.5. The lowest BCUT2D eigenvalue weighted by Crippen LogP contribution is -2.59. The van der Waals surface area contributed by atoms with E-state index in [-0.39, 0.29) is 25.2 Å². The molecular formula is C27H36N8O5. The summed E-state index contributed by atoms with van der Waals surface area (Å²) < 4.78 is 0. The van der Waals surface area contributed by atoms with Gasteiger partial charge in [0, 0.05) is 43.0 Å². The molecule has 2 aromatic heterocycles. The Morgan fingerprint density at radius 1 is 0.850 bits per heavy atom. The van der Waals surface area contributed by atoms with E-state index in [1.807, 2.05) is 19.9 Å². The summed E-state index contributed by atoms with van der Waals surface area (Å²) in [4.78, 5) is 65.2. The van der Waals surface area contributed by atoms with Crippen molar-refractivity contribution in [2.45, 2.75) is 63.7 Å². The maximum atomic E-state index is 13.5. The molecule has 0 fully saturated rings. The van der Waals surface area contributed by atoms with Crippen LogP contribution in [0.25, 0.3) is 0 Å². The van der Waals surface area contributed by atoms with E-state index in [0.29, 0.717) is 17.8 Å². The molecule has 8 N–H and O–H groups in total. The molecule has 0 aliphatic rings. The predicted molar refractivity (Wildman–Crippen MR) is 146 cm³/mol. The summed E-state index contributed by atoms with van der Waals surface area (Å²) in [7, 11) is 0. The van der Waals surface area contributed by atoms with Gasteiger partial charge in [-0.05, 0) is 11.5 Å². The highest BCUT2D eigenvalue weighted by molar-refractivity contribution is 5.94. The monoisotopic (exact) mass is 552 g/mol. The van der Waals surface area contributed by atoms with E-state index in [0.717, 1.165) is 5.56 Å². The van der Waals surface area contributed by atoms with Gasteiger partial charge in [-0.2, -0.15) is 0 Å². The quantitative estimate of drug-likeness (QED) is 0.137. The molecule has 3 rings (SSSR count).